The predicted molar refractivity (Wildman–Crippen MR) is 62.5 cm³/mol. The van der Waals surface area contributed by atoms with Gasteiger partial charge in [-0.25, -0.2) is 8.78 Å². The summed E-state index contributed by atoms with van der Waals surface area (Å²) in [6.45, 7) is 6.86. The first-order chi connectivity index (χ1) is 7.43. The number of halogens is 2. The van der Waals surface area contributed by atoms with Gasteiger partial charge in [-0.05, 0) is 42.7 Å². The van der Waals surface area contributed by atoms with Gasteiger partial charge in [-0.15, -0.1) is 0 Å². The Morgan fingerprint density at radius 1 is 1.44 bits per heavy atom. The average molecular weight is 224 g/mol. The van der Waals surface area contributed by atoms with Gasteiger partial charge in [0.05, 0.1) is 0 Å². The Morgan fingerprint density at radius 2 is 2.12 bits per heavy atom. The molecule has 2 rings (SSSR count). The lowest BCUT2D eigenvalue weighted by Gasteiger charge is -2.24. The molecule has 88 valence electrons. The van der Waals surface area contributed by atoms with Gasteiger partial charge in [0, 0.05) is 12.5 Å². The van der Waals surface area contributed by atoms with Crippen molar-refractivity contribution in [2.75, 3.05) is 0 Å². The summed E-state index contributed by atoms with van der Waals surface area (Å²) in [6.07, 6.45) is 5.12. The fourth-order valence-corrected chi connectivity index (χ4v) is 2.93. The third kappa shape index (κ3) is 1.85. The van der Waals surface area contributed by atoms with Crippen LogP contribution in [0.25, 0.3) is 0 Å². The van der Waals surface area contributed by atoms with E-state index in [9.17, 15) is 8.78 Å². The lowest BCUT2D eigenvalue weighted by Crippen LogP contribution is -2.17. The maximum atomic E-state index is 13.6. The van der Waals surface area contributed by atoms with Gasteiger partial charge in [-0.2, -0.15) is 0 Å². The van der Waals surface area contributed by atoms with Crippen molar-refractivity contribution in [3.63, 3.8) is 0 Å². The average Bonchev–Trinajstić information content (AvgIpc) is 2.54. The molecule has 0 bridgehead atoms. The number of alkyl halides is 2. The van der Waals surface area contributed by atoms with Crippen molar-refractivity contribution in [1.82, 2.24) is 0 Å². The summed E-state index contributed by atoms with van der Waals surface area (Å²) in [6, 6.07) is 0. The highest BCUT2D eigenvalue weighted by molar-refractivity contribution is 5.54. The minimum Gasteiger partial charge on any atom is -0.202 e. The van der Waals surface area contributed by atoms with E-state index in [0.29, 0.717) is 12.3 Å². The highest BCUT2D eigenvalue weighted by Gasteiger charge is 2.38. The van der Waals surface area contributed by atoms with Crippen LogP contribution in [0.3, 0.4) is 0 Å². The van der Waals surface area contributed by atoms with E-state index in [1.54, 1.807) is 6.08 Å². The quantitative estimate of drug-likeness (QED) is 0.640. The summed E-state index contributed by atoms with van der Waals surface area (Å²) < 4.78 is 27.2. The zero-order chi connectivity index (χ0) is 11.9. The normalized spacial score (nSPS) is 26.1. The van der Waals surface area contributed by atoms with Crippen LogP contribution in [-0.4, -0.2) is 5.92 Å². The van der Waals surface area contributed by atoms with Crippen LogP contribution in [-0.2, 0) is 0 Å². The van der Waals surface area contributed by atoms with Crippen LogP contribution < -0.4 is 0 Å². The highest BCUT2D eigenvalue weighted by atomic mass is 19.3. The second kappa shape index (κ2) is 3.83. The van der Waals surface area contributed by atoms with Crippen molar-refractivity contribution in [2.24, 2.45) is 5.92 Å². The second-order valence-electron chi connectivity index (χ2n) is 5.10. The molecule has 0 saturated heterocycles. The molecular formula is C14H18F2. The smallest absolute Gasteiger partial charge is 0.202 e. The maximum Gasteiger partial charge on any atom is 0.271 e. The van der Waals surface area contributed by atoms with Gasteiger partial charge in [-0.3, -0.25) is 0 Å². The van der Waals surface area contributed by atoms with E-state index in [4.69, 9.17) is 0 Å². The molecule has 1 unspecified atom stereocenters. The Balaban J connectivity index is 2.41. The topological polar surface area (TPSA) is 0 Å². The molecule has 2 heteroatoms. The monoisotopic (exact) mass is 224 g/mol. The fourth-order valence-electron chi connectivity index (χ4n) is 2.93. The summed E-state index contributed by atoms with van der Waals surface area (Å²) in [5.41, 5.74) is 3.17. The molecule has 0 N–H and O–H groups in total. The van der Waals surface area contributed by atoms with Crippen LogP contribution >= 0.6 is 0 Å². The molecule has 0 fully saturated rings. The molecule has 0 aromatic carbocycles. The summed E-state index contributed by atoms with van der Waals surface area (Å²) in [5.74, 6) is -2.09. The van der Waals surface area contributed by atoms with Crippen molar-refractivity contribution in [2.45, 2.75) is 45.5 Å². The maximum absolute atomic E-state index is 13.6. The molecule has 16 heavy (non-hydrogen) atoms. The molecule has 0 amide bonds. The largest absolute Gasteiger partial charge is 0.271 e. The highest BCUT2D eigenvalue weighted by Crippen LogP contribution is 2.48. The van der Waals surface area contributed by atoms with Crippen LogP contribution in [0.2, 0.25) is 0 Å². The molecule has 0 nitrogen and oxygen atoms in total. The number of allylic oxidation sites excluding steroid dienone is 5. The van der Waals surface area contributed by atoms with E-state index in [1.165, 1.54) is 5.57 Å². The van der Waals surface area contributed by atoms with Crippen molar-refractivity contribution in [1.29, 1.82) is 0 Å². The summed E-state index contributed by atoms with van der Waals surface area (Å²) >= 11 is 0. The molecule has 0 spiro atoms. The number of rotatable bonds is 2. The Kier molecular flexibility index (Phi) is 2.77. The number of hydrogen-bond donors (Lipinski definition) is 0. The van der Waals surface area contributed by atoms with Gasteiger partial charge in [0.2, 0.25) is 0 Å². The van der Waals surface area contributed by atoms with Crippen LogP contribution in [0.5, 0.6) is 0 Å². The van der Waals surface area contributed by atoms with Crippen LogP contribution in [0.4, 0.5) is 8.78 Å². The van der Waals surface area contributed by atoms with Gasteiger partial charge in [0.15, 0.2) is 0 Å². The third-order valence-corrected chi connectivity index (χ3v) is 3.62. The van der Waals surface area contributed by atoms with Crippen LogP contribution in [0, 0.1) is 5.92 Å². The Morgan fingerprint density at radius 3 is 2.69 bits per heavy atom. The molecule has 2 aliphatic carbocycles. The zero-order valence-corrected chi connectivity index (χ0v) is 9.95. The molecule has 0 radical (unpaired) electrons. The van der Waals surface area contributed by atoms with E-state index in [-0.39, 0.29) is 5.57 Å². The minimum atomic E-state index is -2.72. The molecular weight excluding hydrogens is 206 g/mol. The second-order valence-corrected chi connectivity index (χ2v) is 5.10. The van der Waals surface area contributed by atoms with Gasteiger partial charge in [-0.1, -0.05) is 25.2 Å². The summed E-state index contributed by atoms with van der Waals surface area (Å²) in [7, 11) is 0. The van der Waals surface area contributed by atoms with Crippen molar-refractivity contribution < 1.29 is 8.78 Å². The zero-order valence-electron chi connectivity index (χ0n) is 9.95. The Hall–Kier alpha value is -0.920. The first-order valence-electron chi connectivity index (χ1n) is 5.88. The van der Waals surface area contributed by atoms with E-state index >= 15 is 0 Å². The fraction of sp³-hybridized carbons (Fsp3) is 0.571. The Bertz CT molecular complexity index is 380. The minimum absolute atomic E-state index is 0.268. The summed E-state index contributed by atoms with van der Waals surface area (Å²) in [5, 5.41) is 0. The van der Waals surface area contributed by atoms with Crippen molar-refractivity contribution in [3.8, 4) is 0 Å². The molecule has 1 atom stereocenters. The lowest BCUT2D eigenvalue weighted by atomic mass is 9.83. The standard InChI is InChI=1S/C14H18F2/c1-4-10-8-11-7-9(2)5-6-12(11)13(10)14(3,15)16/h4,9H,1,5-8H2,2-3H3. The van der Waals surface area contributed by atoms with E-state index in [1.807, 2.05) is 0 Å². The lowest BCUT2D eigenvalue weighted by molar-refractivity contribution is 0.0648. The molecule has 0 aromatic rings. The first kappa shape index (κ1) is 11.6. The van der Waals surface area contributed by atoms with Crippen molar-refractivity contribution >= 4 is 0 Å². The van der Waals surface area contributed by atoms with Gasteiger partial charge in [0.1, 0.15) is 0 Å². The Labute approximate surface area is 95.7 Å². The predicted octanol–water partition coefficient (Wildman–Crippen LogP) is 4.64. The first-order valence-corrected chi connectivity index (χ1v) is 5.88. The van der Waals surface area contributed by atoms with Gasteiger partial charge < -0.3 is 0 Å². The summed E-state index contributed by atoms with van der Waals surface area (Å²) in [4.78, 5) is 0. The van der Waals surface area contributed by atoms with Crippen molar-refractivity contribution in [3.05, 3.63) is 34.9 Å². The van der Waals surface area contributed by atoms with Crippen LogP contribution in [0.1, 0.15) is 39.5 Å². The van der Waals surface area contributed by atoms with E-state index in [2.05, 4.69) is 13.5 Å². The van der Waals surface area contributed by atoms with Gasteiger partial charge in [0.25, 0.3) is 5.92 Å². The molecule has 2 aliphatic rings. The van der Waals surface area contributed by atoms with E-state index < -0.39 is 5.92 Å². The van der Waals surface area contributed by atoms with E-state index in [0.717, 1.165) is 37.3 Å². The van der Waals surface area contributed by atoms with Crippen LogP contribution in [0.15, 0.2) is 34.9 Å². The molecule has 0 saturated carbocycles. The molecule has 0 aromatic heterocycles. The molecule has 0 aliphatic heterocycles. The number of hydrogen-bond acceptors (Lipinski definition) is 0. The van der Waals surface area contributed by atoms with Gasteiger partial charge >= 0.3 is 0 Å². The third-order valence-electron chi connectivity index (χ3n) is 3.62. The SMILES string of the molecule is C=CC1=C(C(C)(F)F)C2=C(C1)CC(C)CC2. The molecule has 0 heterocycles.